The van der Waals surface area contributed by atoms with Gasteiger partial charge in [-0.1, -0.05) is 22.9 Å². The van der Waals surface area contributed by atoms with Crippen molar-refractivity contribution in [1.82, 2.24) is 9.78 Å². The van der Waals surface area contributed by atoms with Crippen LogP contribution in [0.2, 0.25) is 0 Å². The van der Waals surface area contributed by atoms with Crippen LogP contribution in [-0.2, 0) is 9.53 Å². The highest BCUT2D eigenvalue weighted by atomic mass is 79.9. The van der Waals surface area contributed by atoms with Crippen LogP contribution in [0.4, 0.5) is 5.82 Å². The van der Waals surface area contributed by atoms with Crippen molar-refractivity contribution in [2.45, 2.75) is 59.4 Å². The van der Waals surface area contributed by atoms with Crippen molar-refractivity contribution in [3.63, 3.8) is 0 Å². The lowest BCUT2D eigenvalue weighted by atomic mass is 9.82. The van der Waals surface area contributed by atoms with E-state index in [-0.39, 0.29) is 24.5 Å². The van der Waals surface area contributed by atoms with E-state index in [0.717, 1.165) is 35.8 Å². The van der Waals surface area contributed by atoms with Gasteiger partial charge >= 0.3 is 5.97 Å². The van der Waals surface area contributed by atoms with E-state index in [4.69, 9.17) is 4.74 Å². The Morgan fingerprint density at radius 2 is 1.83 bits per heavy atom. The van der Waals surface area contributed by atoms with Gasteiger partial charge in [0.05, 0.1) is 12.3 Å². The van der Waals surface area contributed by atoms with Crippen LogP contribution in [0.3, 0.4) is 0 Å². The van der Waals surface area contributed by atoms with Crippen molar-refractivity contribution in [2.75, 3.05) is 11.5 Å². The molecule has 1 amide bonds. The summed E-state index contributed by atoms with van der Waals surface area (Å²) in [4.78, 5) is 27.9. The van der Waals surface area contributed by atoms with Gasteiger partial charge in [0.1, 0.15) is 5.56 Å². The maximum atomic E-state index is 13.5. The number of nitrogens with zero attached hydrogens (tertiary/aromatic N) is 3. The van der Waals surface area contributed by atoms with Gasteiger partial charge in [-0.3, -0.25) is 9.69 Å². The average Bonchev–Trinajstić information content (AvgIpc) is 3.14. The Balaban J connectivity index is 2.01. The Morgan fingerprint density at radius 3 is 2.40 bits per heavy atom. The van der Waals surface area contributed by atoms with Gasteiger partial charge in [-0.2, -0.15) is 0 Å². The summed E-state index contributed by atoms with van der Waals surface area (Å²) in [5.74, 6) is 0.579. The minimum Gasteiger partial charge on any atom is -0.462 e. The van der Waals surface area contributed by atoms with Crippen LogP contribution in [0.25, 0.3) is 5.69 Å². The lowest BCUT2D eigenvalue weighted by Gasteiger charge is -2.32. The van der Waals surface area contributed by atoms with Crippen LogP contribution < -0.4 is 4.90 Å². The van der Waals surface area contributed by atoms with E-state index in [1.807, 2.05) is 38.1 Å². The van der Waals surface area contributed by atoms with Crippen LogP contribution in [-0.4, -0.2) is 34.3 Å². The van der Waals surface area contributed by atoms with E-state index in [9.17, 15) is 9.59 Å². The van der Waals surface area contributed by atoms with Crippen molar-refractivity contribution in [2.24, 2.45) is 11.8 Å². The number of carbonyl (C=O) groups is 2. The van der Waals surface area contributed by atoms with Crippen LogP contribution >= 0.6 is 15.9 Å². The summed E-state index contributed by atoms with van der Waals surface area (Å²) < 4.78 is 7.86. The summed E-state index contributed by atoms with van der Waals surface area (Å²) >= 11 is 3.43. The summed E-state index contributed by atoms with van der Waals surface area (Å²) in [5.41, 5.74) is 1.11. The number of esters is 1. The number of hydrogen-bond acceptors (Lipinski definition) is 4. The number of halogens is 1. The van der Waals surface area contributed by atoms with Crippen molar-refractivity contribution < 1.29 is 14.3 Å². The molecule has 0 atom stereocenters. The van der Waals surface area contributed by atoms with E-state index >= 15 is 0 Å². The molecule has 1 fully saturated rings. The molecule has 0 spiro atoms. The summed E-state index contributed by atoms with van der Waals surface area (Å²) in [5, 5.41) is 4.67. The molecule has 0 radical (unpaired) electrons. The van der Waals surface area contributed by atoms with Gasteiger partial charge in [-0.05, 0) is 76.6 Å². The van der Waals surface area contributed by atoms with Crippen LogP contribution in [0.5, 0.6) is 0 Å². The first-order valence-electron chi connectivity index (χ1n) is 10.7. The maximum Gasteiger partial charge on any atom is 0.343 e. The van der Waals surface area contributed by atoms with Gasteiger partial charge in [0, 0.05) is 22.6 Å². The predicted molar refractivity (Wildman–Crippen MR) is 121 cm³/mol. The molecule has 7 heteroatoms. The summed E-state index contributed by atoms with van der Waals surface area (Å²) in [7, 11) is 0. The molecule has 1 aromatic heterocycles. The molecule has 1 heterocycles. The number of amides is 1. The van der Waals surface area contributed by atoms with Crippen molar-refractivity contribution in [3.8, 4) is 5.69 Å². The van der Waals surface area contributed by atoms with E-state index in [1.54, 1.807) is 22.7 Å². The molecule has 1 aliphatic rings. The SMILES string of the molecule is CCOC(=O)c1cn(-c2ccc(Br)cc2)nc1N(C(=O)C1CCC(C)CC1)C(C)C. The molecule has 0 aliphatic heterocycles. The molecule has 0 N–H and O–H groups in total. The molecule has 6 nitrogen and oxygen atoms in total. The fourth-order valence-corrected chi connectivity index (χ4v) is 4.19. The van der Waals surface area contributed by atoms with Gasteiger partial charge in [0.25, 0.3) is 0 Å². The molecular weight excluding hydrogens is 446 g/mol. The second-order valence-electron chi connectivity index (χ2n) is 8.27. The molecular formula is C23H30BrN3O3. The largest absolute Gasteiger partial charge is 0.462 e. The first-order valence-corrected chi connectivity index (χ1v) is 11.5. The fraction of sp³-hybridized carbons (Fsp3) is 0.522. The predicted octanol–water partition coefficient (Wildman–Crippen LogP) is 5.38. The van der Waals surface area contributed by atoms with Crippen LogP contribution in [0, 0.1) is 11.8 Å². The third kappa shape index (κ3) is 4.94. The third-order valence-electron chi connectivity index (χ3n) is 5.63. The number of carbonyl (C=O) groups excluding carboxylic acids is 2. The molecule has 0 bridgehead atoms. The van der Waals surface area contributed by atoms with Gasteiger partial charge in [-0.15, -0.1) is 5.10 Å². The lowest BCUT2D eigenvalue weighted by molar-refractivity contribution is -0.123. The number of rotatable bonds is 6. The minimum absolute atomic E-state index is 0.0310. The van der Waals surface area contributed by atoms with Crippen molar-refractivity contribution in [3.05, 3.63) is 40.5 Å². The monoisotopic (exact) mass is 475 g/mol. The second kappa shape index (κ2) is 9.77. The summed E-state index contributed by atoms with van der Waals surface area (Å²) in [6.07, 6.45) is 5.53. The number of hydrogen-bond donors (Lipinski definition) is 0. The molecule has 30 heavy (non-hydrogen) atoms. The molecule has 2 aromatic rings. The van der Waals surface area contributed by atoms with E-state index in [2.05, 4.69) is 28.0 Å². The van der Waals surface area contributed by atoms with Crippen LogP contribution in [0.1, 0.15) is 63.7 Å². The highest BCUT2D eigenvalue weighted by Crippen LogP contribution is 2.33. The van der Waals surface area contributed by atoms with Crippen molar-refractivity contribution >= 4 is 33.6 Å². The first-order chi connectivity index (χ1) is 14.3. The Hall–Kier alpha value is -2.15. The van der Waals surface area contributed by atoms with Gasteiger partial charge < -0.3 is 4.74 Å². The average molecular weight is 476 g/mol. The van der Waals surface area contributed by atoms with E-state index in [1.165, 1.54) is 0 Å². The Labute approximate surface area is 186 Å². The number of ether oxygens (including phenoxy) is 1. The maximum absolute atomic E-state index is 13.5. The number of benzene rings is 1. The topological polar surface area (TPSA) is 64.4 Å². The number of anilines is 1. The molecule has 3 rings (SSSR count). The molecule has 162 valence electrons. The molecule has 0 unspecified atom stereocenters. The smallest absolute Gasteiger partial charge is 0.343 e. The third-order valence-corrected chi connectivity index (χ3v) is 6.16. The second-order valence-corrected chi connectivity index (χ2v) is 9.18. The Morgan fingerprint density at radius 1 is 1.20 bits per heavy atom. The normalized spacial score (nSPS) is 19.0. The minimum atomic E-state index is -0.466. The molecule has 1 aromatic carbocycles. The molecule has 1 aliphatic carbocycles. The fourth-order valence-electron chi connectivity index (χ4n) is 3.93. The molecule has 1 saturated carbocycles. The lowest BCUT2D eigenvalue weighted by Crippen LogP contribution is -2.43. The zero-order valence-electron chi connectivity index (χ0n) is 18.1. The first kappa shape index (κ1) is 22.5. The zero-order chi connectivity index (χ0) is 21.8. The van der Waals surface area contributed by atoms with Crippen LogP contribution in [0.15, 0.2) is 34.9 Å². The highest BCUT2D eigenvalue weighted by Gasteiger charge is 2.34. The van der Waals surface area contributed by atoms with E-state index < -0.39 is 5.97 Å². The summed E-state index contributed by atoms with van der Waals surface area (Å²) in [6, 6.07) is 7.50. The zero-order valence-corrected chi connectivity index (χ0v) is 19.7. The van der Waals surface area contributed by atoms with Gasteiger partial charge in [0.2, 0.25) is 5.91 Å². The van der Waals surface area contributed by atoms with Gasteiger partial charge in [0.15, 0.2) is 5.82 Å². The summed E-state index contributed by atoms with van der Waals surface area (Å²) in [6.45, 7) is 8.18. The van der Waals surface area contributed by atoms with E-state index in [0.29, 0.717) is 17.3 Å². The van der Waals surface area contributed by atoms with Crippen molar-refractivity contribution in [1.29, 1.82) is 0 Å². The Bertz CT molecular complexity index is 884. The highest BCUT2D eigenvalue weighted by molar-refractivity contribution is 9.10. The quantitative estimate of drug-likeness (QED) is 0.526. The molecule has 0 saturated heterocycles. The Kier molecular flexibility index (Phi) is 7.34. The number of aromatic nitrogens is 2. The standard InChI is InChI=1S/C23H30BrN3O3/c1-5-30-23(29)20-14-26(19-12-10-18(24)11-13-19)25-21(20)27(15(2)3)22(28)17-8-6-16(4)7-9-17/h10-17H,5-9H2,1-4H3. The van der Waals surface area contributed by atoms with Gasteiger partial charge in [-0.25, -0.2) is 9.48 Å².